The van der Waals surface area contributed by atoms with Crippen LogP contribution in [0.3, 0.4) is 0 Å². The molecule has 0 aliphatic rings. The lowest BCUT2D eigenvalue weighted by molar-refractivity contribution is 0.102. The number of aromatic nitrogens is 2. The number of amides is 1. The Morgan fingerprint density at radius 1 is 1.53 bits per heavy atom. The van der Waals surface area contributed by atoms with Crippen molar-refractivity contribution in [1.29, 1.82) is 0 Å². The Hall–Kier alpha value is -1.82. The molecule has 0 radical (unpaired) electrons. The predicted molar refractivity (Wildman–Crippen MR) is 69.8 cm³/mol. The third-order valence-corrected chi connectivity index (χ3v) is 2.98. The molecule has 0 aliphatic carbocycles. The molecule has 0 saturated carbocycles. The van der Waals surface area contributed by atoms with Crippen LogP contribution in [0.5, 0.6) is 0 Å². The number of carbonyl (C=O) groups excluding carboxylic acids is 1. The fraction of sp³-hybridized carbons (Fsp3) is 0.0909. The van der Waals surface area contributed by atoms with Gasteiger partial charge in [-0.2, -0.15) is 5.10 Å². The van der Waals surface area contributed by atoms with E-state index in [4.69, 9.17) is 5.73 Å². The summed E-state index contributed by atoms with van der Waals surface area (Å²) in [5.41, 5.74) is 7.67. The fourth-order valence-corrected chi connectivity index (χ4v) is 1.75. The molecule has 0 fully saturated rings. The van der Waals surface area contributed by atoms with Gasteiger partial charge in [0.25, 0.3) is 5.91 Å². The van der Waals surface area contributed by atoms with Gasteiger partial charge in [0.1, 0.15) is 11.4 Å². The van der Waals surface area contributed by atoms with Crippen LogP contribution in [-0.4, -0.2) is 16.1 Å². The van der Waals surface area contributed by atoms with E-state index in [9.17, 15) is 4.79 Å². The number of nitrogens with two attached hydrogens (primary N) is 1. The lowest BCUT2D eigenvalue weighted by atomic mass is 10.2. The summed E-state index contributed by atoms with van der Waals surface area (Å²) in [6, 6.07) is 5.70. The number of carbonyl (C=O) groups is 1. The first-order chi connectivity index (χ1) is 8.08. The maximum absolute atomic E-state index is 11.9. The number of hydrogen-bond donors (Lipinski definition) is 3. The maximum atomic E-state index is 11.9. The zero-order valence-electron chi connectivity index (χ0n) is 9.12. The van der Waals surface area contributed by atoms with Crippen molar-refractivity contribution in [3.05, 3.63) is 40.0 Å². The van der Waals surface area contributed by atoms with Crippen molar-refractivity contribution in [2.45, 2.75) is 6.92 Å². The van der Waals surface area contributed by atoms with Crippen molar-refractivity contribution in [3.63, 3.8) is 0 Å². The summed E-state index contributed by atoms with van der Waals surface area (Å²) in [4.78, 5) is 11.9. The van der Waals surface area contributed by atoms with Crippen LogP contribution in [0, 0.1) is 6.92 Å². The number of aromatic amines is 1. The average Bonchev–Trinajstić information content (AvgIpc) is 2.70. The van der Waals surface area contributed by atoms with Gasteiger partial charge < -0.3 is 11.1 Å². The molecule has 1 heterocycles. The first-order valence-electron chi connectivity index (χ1n) is 4.94. The van der Waals surface area contributed by atoms with Crippen LogP contribution < -0.4 is 11.1 Å². The second kappa shape index (κ2) is 4.58. The van der Waals surface area contributed by atoms with Gasteiger partial charge in [-0.15, -0.1) is 0 Å². The standard InChI is InChI=1S/C11H11BrN4O/c1-6-2-3-8(12)9(4-6)15-11(17)7-5-14-16-10(7)13/h2-5H,1H3,(H,15,17)(H3,13,14,16). The van der Waals surface area contributed by atoms with E-state index < -0.39 is 0 Å². The third-order valence-electron chi connectivity index (χ3n) is 2.28. The van der Waals surface area contributed by atoms with Crippen LogP contribution in [0.4, 0.5) is 11.5 Å². The largest absolute Gasteiger partial charge is 0.383 e. The van der Waals surface area contributed by atoms with E-state index in [1.165, 1.54) is 6.20 Å². The van der Waals surface area contributed by atoms with Crippen molar-refractivity contribution < 1.29 is 4.79 Å². The van der Waals surface area contributed by atoms with Gasteiger partial charge in [0.2, 0.25) is 0 Å². The number of hydrogen-bond acceptors (Lipinski definition) is 3. The molecule has 0 atom stereocenters. The van der Waals surface area contributed by atoms with E-state index in [-0.39, 0.29) is 11.7 Å². The molecule has 1 aromatic heterocycles. The van der Waals surface area contributed by atoms with Gasteiger partial charge in [-0.25, -0.2) is 0 Å². The number of halogens is 1. The van der Waals surface area contributed by atoms with Crippen molar-refractivity contribution >= 4 is 33.3 Å². The minimum atomic E-state index is -0.289. The molecule has 0 aliphatic heterocycles. The second-order valence-corrected chi connectivity index (χ2v) is 4.49. The highest BCUT2D eigenvalue weighted by atomic mass is 79.9. The lowest BCUT2D eigenvalue weighted by Crippen LogP contribution is -2.13. The molecular formula is C11H11BrN4O. The summed E-state index contributed by atoms with van der Waals surface area (Å²) < 4.78 is 0.818. The number of anilines is 2. The Bertz CT molecular complexity index is 564. The normalized spacial score (nSPS) is 10.2. The van der Waals surface area contributed by atoms with E-state index in [1.807, 2.05) is 25.1 Å². The van der Waals surface area contributed by atoms with Crippen molar-refractivity contribution in [2.24, 2.45) is 0 Å². The van der Waals surface area contributed by atoms with E-state index in [1.54, 1.807) is 0 Å². The predicted octanol–water partition coefficient (Wildman–Crippen LogP) is 2.32. The minimum Gasteiger partial charge on any atom is -0.383 e. The summed E-state index contributed by atoms with van der Waals surface area (Å²) in [6.45, 7) is 1.95. The Balaban J connectivity index is 2.24. The number of aryl methyl sites for hydroxylation is 1. The zero-order valence-corrected chi connectivity index (χ0v) is 10.7. The topological polar surface area (TPSA) is 83.8 Å². The van der Waals surface area contributed by atoms with Gasteiger partial charge in [-0.05, 0) is 40.5 Å². The highest BCUT2D eigenvalue weighted by molar-refractivity contribution is 9.10. The maximum Gasteiger partial charge on any atom is 0.261 e. The molecule has 0 spiro atoms. The molecule has 2 aromatic rings. The van der Waals surface area contributed by atoms with E-state index >= 15 is 0 Å². The molecule has 17 heavy (non-hydrogen) atoms. The van der Waals surface area contributed by atoms with E-state index in [2.05, 4.69) is 31.4 Å². The molecule has 1 aromatic carbocycles. The SMILES string of the molecule is Cc1ccc(Br)c(NC(=O)c2cn[nH]c2N)c1. The quantitative estimate of drug-likeness (QED) is 0.795. The first-order valence-corrected chi connectivity index (χ1v) is 5.73. The van der Waals surface area contributed by atoms with Crippen molar-refractivity contribution in [1.82, 2.24) is 10.2 Å². The summed E-state index contributed by atoms with van der Waals surface area (Å²) in [6.07, 6.45) is 1.40. The summed E-state index contributed by atoms with van der Waals surface area (Å²) in [5.74, 6) is -0.0335. The number of H-pyrrole nitrogens is 1. The molecule has 6 heteroatoms. The first kappa shape index (κ1) is 11.7. The minimum absolute atomic E-state index is 0.256. The monoisotopic (exact) mass is 294 g/mol. The zero-order chi connectivity index (χ0) is 12.4. The Morgan fingerprint density at radius 2 is 2.29 bits per heavy atom. The molecule has 0 unspecified atom stereocenters. The molecule has 1 amide bonds. The van der Waals surface area contributed by atoms with E-state index in [0.717, 1.165) is 10.0 Å². The summed E-state index contributed by atoms with van der Waals surface area (Å²) >= 11 is 3.37. The smallest absolute Gasteiger partial charge is 0.261 e. The molecule has 5 nitrogen and oxygen atoms in total. The van der Waals surface area contributed by atoms with Crippen LogP contribution >= 0.6 is 15.9 Å². The lowest BCUT2D eigenvalue weighted by Gasteiger charge is -2.07. The number of nitrogen functional groups attached to an aromatic ring is 1. The van der Waals surface area contributed by atoms with Crippen LogP contribution in [0.15, 0.2) is 28.9 Å². The van der Waals surface area contributed by atoms with E-state index in [0.29, 0.717) is 11.3 Å². The van der Waals surface area contributed by atoms with Crippen molar-refractivity contribution in [2.75, 3.05) is 11.1 Å². The molecular weight excluding hydrogens is 284 g/mol. The van der Waals surface area contributed by atoms with Crippen molar-refractivity contribution in [3.8, 4) is 0 Å². The number of rotatable bonds is 2. The second-order valence-electron chi connectivity index (χ2n) is 3.63. The Kier molecular flexibility index (Phi) is 3.14. The molecule has 88 valence electrons. The molecule has 0 saturated heterocycles. The Labute approximate surface area is 107 Å². The van der Waals surface area contributed by atoms with Gasteiger partial charge in [-0.1, -0.05) is 6.07 Å². The Morgan fingerprint density at radius 3 is 2.94 bits per heavy atom. The summed E-state index contributed by atoms with van der Waals surface area (Å²) in [7, 11) is 0. The van der Waals surface area contributed by atoms with Gasteiger partial charge in [0.05, 0.1) is 11.9 Å². The van der Waals surface area contributed by atoms with Crippen LogP contribution in [-0.2, 0) is 0 Å². The van der Waals surface area contributed by atoms with Gasteiger partial charge in [0, 0.05) is 4.47 Å². The average molecular weight is 295 g/mol. The van der Waals surface area contributed by atoms with Gasteiger partial charge in [0.15, 0.2) is 0 Å². The highest BCUT2D eigenvalue weighted by Crippen LogP contribution is 2.24. The third kappa shape index (κ3) is 2.47. The molecule has 4 N–H and O–H groups in total. The molecule has 0 bridgehead atoms. The molecule has 2 rings (SSSR count). The number of nitrogens with one attached hydrogen (secondary N) is 2. The summed E-state index contributed by atoms with van der Waals surface area (Å²) in [5, 5.41) is 8.99. The highest BCUT2D eigenvalue weighted by Gasteiger charge is 2.12. The van der Waals surface area contributed by atoms with Crippen LogP contribution in [0.1, 0.15) is 15.9 Å². The van der Waals surface area contributed by atoms with Gasteiger partial charge >= 0.3 is 0 Å². The number of benzene rings is 1. The number of nitrogens with zero attached hydrogens (tertiary/aromatic N) is 1. The fourth-order valence-electron chi connectivity index (χ4n) is 1.40. The van der Waals surface area contributed by atoms with Gasteiger partial charge in [-0.3, -0.25) is 9.89 Å². The van der Waals surface area contributed by atoms with Crippen LogP contribution in [0.25, 0.3) is 0 Å². The van der Waals surface area contributed by atoms with Crippen LogP contribution in [0.2, 0.25) is 0 Å².